The zero-order valence-corrected chi connectivity index (χ0v) is 12.2. The standard InChI is InChI=1S/C14H23N3O3/c1-3-15-12-10-13(17-14(16-12)11-4-5-11)20-9-8-19-7-6-18-2/h10-11H,3-9H2,1-2H3,(H,15,16,17). The van der Waals surface area contributed by atoms with Crippen LogP contribution in [-0.2, 0) is 9.47 Å². The van der Waals surface area contributed by atoms with Crippen LogP contribution in [0, 0.1) is 0 Å². The summed E-state index contributed by atoms with van der Waals surface area (Å²) < 4.78 is 15.9. The van der Waals surface area contributed by atoms with Crippen LogP contribution in [-0.4, -0.2) is 50.1 Å². The number of ether oxygens (including phenoxy) is 3. The largest absolute Gasteiger partial charge is 0.475 e. The van der Waals surface area contributed by atoms with Crippen molar-refractivity contribution in [2.24, 2.45) is 0 Å². The third-order valence-electron chi connectivity index (χ3n) is 2.93. The van der Waals surface area contributed by atoms with E-state index in [1.54, 1.807) is 7.11 Å². The zero-order valence-electron chi connectivity index (χ0n) is 12.2. The normalized spacial score (nSPS) is 14.3. The number of aromatic nitrogens is 2. The van der Waals surface area contributed by atoms with E-state index in [4.69, 9.17) is 14.2 Å². The van der Waals surface area contributed by atoms with Gasteiger partial charge in [-0.3, -0.25) is 0 Å². The van der Waals surface area contributed by atoms with Gasteiger partial charge in [-0.2, -0.15) is 4.98 Å². The number of rotatable bonds is 10. The van der Waals surface area contributed by atoms with E-state index in [1.807, 2.05) is 13.0 Å². The first kappa shape index (κ1) is 15.0. The van der Waals surface area contributed by atoms with Gasteiger partial charge in [-0.15, -0.1) is 0 Å². The molecule has 0 spiro atoms. The second-order valence-electron chi connectivity index (χ2n) is 4.71. The maximum absolute atomic E-state index is 5.63. The molecular formula is C14H23N3O3. The topological polar surface area (TPSA) is 65.5 Å². The Bertz CT molecular complexity index is 411. The van der Waals surface area contributed by atoms with Crippen molar-refractivity contribution in [2.45, 2.75) is 25.7 Å². The van der Waals surface area contributed by atoms with Crippen molar-refractivity contribution in [2.75, 3.05) is 45.4 Å². The predicted molar refractivity (Wildman–Crippen MR) is 76.4 cm³/mol. The number of hydrogen-bond acceptors (Lipinski definition) is 6. The highest BCUT2D eigenvalue weighted by Gasteiger charge is 2.27. The fourth-order valence-corrected chi connectivity index (χ4v) is 1.76. The Labute approximate surface area is 119 Å². The van der Waals surface area contributed by atoms with Gasteiger partial charge in [0, 0.05) is 25.6 Å². The molecular weight excluding hydrogens is 258 g/mol. The third-order valence-corrected chi connectivity index (χ3v) is 2.93. The molecule has 0 bridgehead atoms. The lowest BCUT2D eigenvalue weighted by Gasteiger charge is -2.10. The van der Waals surface area contributed by atoms with Crippen molar-refractivity contribution in [1.29, 1.82) is 0 Å². The summed E-state index contributed by atoms with van der Waals surface area (Å²) in [5.74, 6) is 2.85. The zero-order chi connectivity index (χ0) is 14.2. The summed E-state index contributed by atoms with van der Waals surface area (Å²) in [6, 6.07) is 1.84. The first-order valence-electron chi connectivity index (χ1n) is 7.15. The van der Waals surface area contributed by atoms with E-state index in [0.717, 1.165) is 18.2 Å². The molecule has 2 rings (SSSR count). The van der Waals surface area contributed by atoms with Gasteiger partial charge in [-0.25, -0.2) is 4.98 Å². The minimum Gasteiger partial charge on any atom is -0.475 e. The van der Waals surface area contributed by atoms with Gasteiger partial charge in [0.2, 0.25) is 5.88 Å². The molecule has 1 saturated carbocycles. The fourth-order valence-electron chi connectivity index (χ4n) is 1.76. The molecule has 1 aromatic heterocycles. The second-order valence-corrected chi connectivity index (χ2v) is 4.71. The van der Waals surface area contributed by atoms with Crippen LogP contribution in [0.15, 0.2) is 6.07 Å². The minimum absolute atomic E-state index is 0.483. The molecule has 1 fully saturated rings. The van der Waals surface area contributed by atoms with Gasteiger partial charge in [-0.1, -0.05) is 0 Å². The SMILES string of the molecule is CCNc1cc(OCCOCCOC)nc(C2CC2)n1. The van der Waals surface area contributed by atoms with Crippen molar-refractivity contribution < 1.29 is 14.2 Å². The number of hydrogen-bond donors (Lipinski definition) is 1. The molecule has 6 nitrogen and oxygen atoms in total. The molecule has 0 aliphatic heterocycles. The van der Waals surface area contributed by atoms with Crippen LogP contribution in [0.3, 0.4) is 0 Å². The molecule has 1 N–H and O–H groups in total. The van der Waals surface area contributed by atoms with E-state index < -0.39 is 0 Å². The summed E-state index contributed by atoms with van der Waals surface area (Å²) in [6.07, 6.45) is 2.35. The summed E-state index contributed by atoms with van der Waals surface area (Å²) in [6.45, 7) is 5.08. The van der Waals surface area contributed by atoms with Crippen molar-refractivity contribution in [3.63, 3.8) is 0 Å². The first-order chi connectivity index (χ1) is 9.83. The number of methoxy groups -OCH3 is 1. The lowest BCUT2D eigenvalue weighted by atomic mass is 10.4. The van der Waals surface area contributed by atoms with Gasteiger partial charge < -0.3 is 19.5 Å². The minimum atomic E-state index is 0.483. The molecule has 0 radical (unpaired) electrons. The fraction of sp³-hybridized carbons (Fsp3) is 0.714. The lowest BCUT2D eigenvalue weighted by Crippen LogP contribution is -2.12. The number of nitrogens with zero attached hydrogens (tertiary/aromatic N) is 2. The Hall–Kier alpha value is -1.40. The van der Waals surface area contributed by atoms with Gasteiger partial charge in [0.05, 0.1) is 19.8 Å². The van der Waals surface area contributed by atoms with E-state index in [1.165, 1.54) is 12.8 Å². The molecule has 0 saturated heterocycles. The van der Waals surface area contributed by atoms with Crippen LogP contribution in [0.2, 0.25) is 0 Å². The van der Waals surface area contributed by atoms with Crippen LogP contribution in [0.4, 0.5) is 5.82 Å². The molecule has 1 aromatic rings. The Morgan fingerprint density at radius 3 is 2.70 bits per heavy atom. The summed E-state index contributed by atoms with van der Waals surface area (Å²) in [5.41, 5.74) is 0. The maximum Gasteiger partial charge on any atom is 0.218 e. The molecule has 0 aromatic carbocycles. The summed E-state index contributed by atoms with van der Waals surface area (Å²) in [7, 11) is 1.66. The Balaban J connectivity index is 1.82. The molecule has 1 aliphatic carbocycles. The molecule has 1 heterocycles. The van der Waals surface area contributed by atoms with Gasteiger partial charge in [-0.05, 0) is 19.8 Å². The average Bonchev–Trinajstić information content (AvgIpc) is 3.27. The van der Waals surface area contributed by atoms with Gasteiger partial charge >= 0.3 is 0 Å². The molecule has 112 valence electrons. The number of nitrogens with one attached hydrogen (secondary N) is 1. The average molecular weight is 281 g/mol. The van der Waals surface area contributed by atoms with E-state index in [0.29, 0.717) is 38.2 Å². The van der Waals surface area contributed by atoms with Crippen molar-refractivity contribution in [1.82, 2.24) is 9.97 Å². The molecule has 6 heteroatoms. The lowest BCUT2D eigenvalue weighted by molar-refractivity contribution is 0.0536. The first-order valence-corrected chi connectivity index (χ1v) is 7.15. The van der Waals surface area contributed by atoms with Crippen molar-refractivity contribution in [3.8, 4) is 5.88 Å². The van der Waals surface area contributed by atoms with Crippen LogP contribution in [0.1, 0.15) is 31.5 Å². The summed E-state index contributed by atoms with van der Waals surface area (Å²) >= 11 is 0. The smallest absolute Gasteiger partial charge is 0.218 e. The third kappa shape index (κ3) is 4.94. The Kier molecular flexibility index (Phi) is 6.01. The van der Waals surface area contributed by atoms with Gasteiger partial charge in [0.15, 0.2) is 0 Å². The van der Waals surface area contributed by atoms with E-state index in [-0.39, 0.29) is 0 Å². The van der Waals surface area contributed by atoms with Crippen LogP contribution in [0.5, 0.6) is 5.88 Å². The van der Waals surface area contributed by atoms with Crippen molar-refractivity contribution in [3.05, 3.63) is 11.9 Å². The predicted octanol–water partition coefficient (Wildman–Crippen LogP) is 1.83. The highest BCUT2D eigenvalue weighted by Crippen LogP contribution is 2.39. The van der Waals surface area contributed by atoms with E-state index >= 15 is 0 Å². The quantitative estimate of drug-likeness (QED) is 0.660. The van der Waals surface area contributed by atoms with Crippen molar-refractivity contribution >= 4 is 5.82 Å². The van der Waals surface area contributed by atoms with Crippen LogP contribution >= 0.6 is 0 Å². The molecule has 1 aliphatic rings. The van der Waals surface area contributed by atoms with Crippen LogP contribution < -0.4 is 10.1 Å². The second kappa shape index (κ2) is 8.01. The van der Waals surface area contributed by atoms with E-state index in [2.05, 4.69) is 15.3 Å². The molecule has 0 atom stereocenters. The Morgan fingerprint density at radius 1 is 1.20 bits per heavy atom. The van der Waals surface area contributed by atoms with Gasteiger partial charge in [0.25, 0.3) is 0 Å². The molecule has 20 heavy (non-hydrogen) atoms. The summed E-state index contributed by atoms with van der Waals surface area (Å²) in [5, 5.41) is 3.21. The molecule has 0 amide bonds. The molecule has 0 unspecified atom stereocenters. The van der Waals surface area contributed by atoms with Crippen LogP contribution in [0.25, 0.3) is 0 Å². The highest BCUT2D eigenvalue weighted by atomic mass is 16.5. The Morgan fingerprint density at radius 2 is 2.00 bits per heavy atom. The monoisotopic (exact) mass is 281 g/mol. The number of anilines is 1. The van der Waals surface area contributed by atoms with E-state index in [9.17, 15) is 0 Å². The maximum atomic E-state index is 5.63. The summed E-state index contributed by atoms with van der Waals surface area (Å²) in [4.78, 5) is 8.96. The highest BCUT2D eigenvalue weighted by molar-refractivity contribution is 5.39. The van der Waals surface area contributed by atoms with Gasteiger partial charge in [0.1, 0.15) is 18.2 Å².